The first kappa shape index (κ1) is 19.7. The van der Waals surface area contributed by atoms with Gasteiger partial charge in [-0.2, -0.15) is 0 Å². The minimum Gasteiger partial charge on any atom is -0.454 e. The SMILES string of the molecule is CN(Cc1ccc2c(c1)OCO2)C(=O)C(c1ccccc1)N1CCS(=O)(=O)CC1. The predicted octanol–water partition coefficient (Wildman–Crippen LogP) is 1.85. The number of sulfone groups is 1. The lowest BCUT2D eigenvalue weighted by Crippen LogP contribution is -2.47. The summed E-state index contributed by atoms with van der Waals surface area (Å²) in [6.45, 7) is 1.34. The fourth-order valence-electron chi connectivity index (χ4n) is 3.73. The van der Waals surface area contributed by atoms with Crippen molar-refractivity contribution in [2.75, 3.05) is 38.4 Å². The van der Waals surface area contributed by atoms with E-state index in [2.05, 4.69) is 0 Å². The maximum absolute atomic E-state index is 13.4. The molecule has 8 heteroatoms. The maximum atomic E-state index is 13.4. The largest absolute Gasteiger partial charge is 0.454 e. The van der Waals surface area contributed by atoms with E-state index in [0.29, 0.717) is 31.1 Å². The molecule has 29 heavy (non-hydrogen) atoms. The number of benzene rings is 2. The zero-order valence-electron chi connectivity index (χ0n) is 16.3. The number of hydrogen-bond acceptors (Lipinski definition) is 6. The molecule has 0 bridgehead atoms. The van der Waals surface area contributed by atoms with Gasteiger partial charge in [0.1, 0.15) is 6.04 Å². The van der Waals surface area contributed by atoms with E-state index >= 15 is 0 Å². The van der Waals surface area contributed by atoms with Gasteiger partial charge in [-0.05, 0) is 23.3 Å². The van der Waals surface area contributed by atoms with Gasteiger partial charge in [-0.15, -0.1) is 0 Å². The van der Waals surface area contributed by atoms with E-state index in [9.17, 15) is 13.2 Å². The molecule has 1 atom stereocenters. The number of amides is 1. The Bertz CT molecular complexity index is 979. The van der Waals surface area contributed by atoms with E-state index in [1.165, 1.54) is 0 Å². The fourth-order valence-corrected chi connectivity index (χ4v) is 4.96. The molecule has 2 aliphatic heterocycles. The molecule has 154 valence electrons. The Labute approximate surface area is 170 Å². The number of ether oxygens (including phenoxy) is 2. The van der Waals surface area contributed by atoms with Crippen LogP contribution in [0.3, 0.4) is 0 Å². The molecule has 1 fully saturated rings. The van der Waals surface area contributed by atoms with Gasteiger partial charge in [-0.25, -0.2) is 8.42 Å². The third-order valence-corrected chi connectivity index (χ3v) is 6.94. The van der Waals surface area contributed by atoms with Gasteiger partial charge in [0.15, 0.2) is 21.3 Å². The highest BCUT2D eigenvalue weighted by Crippen LogP contribution is 2.33. The molecule has 0 spiro atoms. The maximum Gasteiger partial charge on any atom is 0.244 e. The van der Waals surface area contributed by atoms with Crippen molar-refractivity contribution < 1.29 is 22.7 Å². The number of carbonyl (C=O) groups is 1. The number of carbonyl (C=O) groups excluding carboxylic acids is 1. The molecule has 0 radical (unpaired) electrons. The van der Waals surface area contributed by atoms with Crippen LogP contribution in [0.1, 0.15) is 17.2 Å². The van der Waals surface area contributed by atoms with Crippen molar-refractivity contribution in [1.29, 1.82) is 0 Å². The van der Waals surface area contributed by atoms with Crippen LogP contribution in [0.25, 0.3) is 0 Å². The Balaban J connectivity index is 1.54. The first-order valence-electron chi connectivity index (χ1n) is 9.56. The average molecular weight is 416 g/mol. The Hall–Kier alpha value is -2.58. The van der Waals surface area contributed by atoms with Gasteiger partial charge in [0.25, 0.3) is 0 Å². The molecule has 7 nitrogen and oxygen atoms in total. The van der Waals surface area contributed by atoms with E-state index in [1.807, 2.05) is 53.4 Å². The lowest BCUT2D eigenvalue weighted by molar-refractivity contribution is -0.136. The molecule has 1 amide bonds. The van der Waals surface area contributed by atoms with E-state index < -0.39 is 15.9 Å². The molecule has 4 rings (SSSR count). The van der Waals surface area contributed by atoms with Gasteiger partial charge in [0, 0.05) is 26.7 Å². The zero-order valence-corrected chi connectivity index (χ0v) is 17.1. The van der Waals surface area contributed by atoms with Crippen molar-refractivity contribution in [1.82, 2.24) is 9.80 Å². The molecule has 1 saturated heterocycles. The van der Waals surface area contributed by atoms with Crippen molar-refractivity contribution in [3.63, 3.8) is 0 Å². The molecule has 0 saturated carbocycles. The van der Waals surface area contributed by atoms with Crippen molar-refractivity contribution in [2.45, 2.75) is 12.6 Å². The molecular formula is C21H24N2O5S. The number of likely N-dealkylation sites (N-methyl/N-ethyl adjacent to an activating group) is 1. The van der Waals surface area contributed by atoms with Gasteiger partial charge in [-0.3, -0.25) is 9.69 Å². The van der Waals surface area contributed by atoms with Crippen molar-refractivity contribution in [2.24, 2.45) is 0 Å². The summed E-state index contributed by atoms with van der Waals surface area (Å²) in [6, 6.07) is 14.7. The average Bonchev–Trinajstić information content (AvgIpc) is 3.18. The minimum absolute atomic E-state index is 0.0619. The van der Waals surface area contributed by atoms with Gasteiger partial charge in [0.05, 0.1) is 11.5 Å². The molecule has 0 aliphatic carbocycles. The predicted molar refractivity (Wildman–Crippen MR) is 108 cm³/mol. The summed E-state index contributed by atoms with van der Waals surface area (Å²) >= 11 is 0. The standard InChI is InChI=1S/C21H24N2O5S/c1-22(14-16-7-8-18-19(13-16)28-15-27-18)21(24)20(17-5-3-2-4-6-17)23-9-11-29(25,26)12-10-23/h2-8,13,20H,9-12,14-15H2,1H3. The van der Waals surface area contributed by atoms with Gasteiger partial charge in [-0.1, -0.05) is 36.4 Å². The molecule has 0 aromatic heterocycles. The summed E-state index contributed by atoms with van der Waals surface area (Å²) in [5.41, 5.74) is 1.81. The molecule has 1 unspecified atom stereocenters. The van der Waals surface area contributed by atoms with E-state index in [0.717, 1.165) is 11.1 Å². The Morgan fingerprint density at radius 2 is 1.76 bits per heavy atom. The van der Waals surface area contributed by atoms with Crippen molar-refractivity contribution >= 4 is 15.7 Å². The highest BCUT2D eigenvalue weighted by atomic mass is 32.2. The van der Waals surface area contributed by atoms with Crippen LogP contribution in [-0.2, 0) is 21.2 Å². The minimum atomic E-state index is -3.02. The third-order valence-electron chi connectivity index (χ3n) is 5.33. The lowest BCUT2D eigenvalue weighted by atomic mass is 10.0. The van der Waals surface area contributed by atoms with Gasteiger partial charge in [0.2, 0.25) is 12.7 Å². The number of rotatable bonds is 5. The number of nitrogens with zero attached hydrogens (tertiary/aromatic N) is 2. The second-order valence-corrected chi connectivity index (χ2v) is 9.69. The topological polar surface area (TPSA) is 76.2 Å². The second-order valence-electron chi connectivity index (χ2n) is 7.38. The molecule has 2 aromatic rings. The van der Waals surface area contributed by atoms with Crippen molar-refractivity contribution in [3.8, 4) is 11.5 Å². The molecule has 2 aromatic carbocycles. The summed E-state index contributed by atoms with van der Waals surface area (Å²) in [5.74, 6) is 1.49. The van der Waals surface area contributed by atoms with E-state index in [4.69, 9.17) is 9.47 Å². The second kappa shape index (κ2) is 8.04. The highest BCUT2D eigenvalue weighted by molar-refractivity contribution is 7.91. The highest BCUT2D eigenvalue weighted by Gasteiger charge is 2.34. The normalized spacial score (nSPS) is 18.9. The Morgan fingerprint density at radius 3 is 2.48 bits per heavy atom. The lowest BCUT2D eigenvalue weighted by Gasteiger charge is -2.35. The zero-order chi connectivity index (χ0) is 20.4. The van der Waals surface area contributed by atoms with Crippen LogP contribution in [0, 0.1) is 0 Å². The molecule has 2 heterocycles. The summed E-state index contributed by atoms with van der Waals surface area (Å²) < 4.78 is 34.5. The fraction of sp³-hybridized carbons (Fsp3) is 0.381. The van der Waals surface area contributed by atoms with Crippen LogP contribution in [-0.4, -0.2) is 62.6 Å². The first-order valence-corrected chi connectivity index (χ1v) is 11.4. The third kappa shape index (κ3) is 4.38. The summed E-state index contributed by atoms with van der Waals surface area (Å²) in [7, 11) is -1.26. The monoisotopic (exact) mass is 416 g/mol. The Morgan fingerprint density at radius 1 is 1.07 bits per heavy atom. The van der Waals surface area contributed by atoms with Crippen LogP contribution in [0.4, 0.5) is 0 Å². The summed E-state index contributed by atoms with van der Waals surface area (Å²) in [6.07, 6.45) is 0. The van der Waals surface area contributed by atoms with Crippen LogP contribution in [0.2, 0.25) is 0 Å². The molecule has 2 aliphatic rings. The number of fused-ring (bicyclic) bond motifs is 1. The van der Waals surface area contributed by atoms with Gasteiger partial charge >= 0.3 is 0 Å². The summed E-state index contributed by atoms with van der Waals surface area (Å²) in [5, 5.41) is 0. The molecular weight excluding hydrogens is 392 g/mol. The number of hydrogen-bond donors (Lipinski definition) is 0. The Kier molecular flexibility index (Phi) is 5.47. The molecule has 0 N–H and O–H groups in total. The van der Waals surface area contributed by atoms with Crippen LogP contribution in [0.5, 0.6) is 11.5 Å². The first-order chi connectivity index (χ1) is 13.9. The quantitative estimate of drug-likeness (QED) is 0.741. The van der Waals surface area contributed by atoms with E-state index in [1.54, 1.807) is 11.9 Å². The van der Waals surface area contributed by atoms with Gasteiger partial charge < -0.3 is 14.4 Å². The van der Waals surface area contributed by atoms with Crippen LogP contribution in [0.15, 0.2) is 48.5 Å². The van der Waals surface area contributed by atoms with Crippen molar-refractivity contribution in [3.05, 3.63) is 59.7 Å². The summed E-state index contributed by atoms with van der Waals surface area (Å²) in [4.78, 5) is 17.1. The van der Waals surface area contributed by atoms with Crippen LogP contribution >= 0.6 is 0 Å². The van der Waals surface area contributed by atoms with E-state index in [-0.39, 0.29) is 24.2 Å². The smallest absolute Gasteiger partial charge is 0.244 e. The van der Waals surface area contributed by atoms with Crippen LogP contribution < -0.4 is 9.47 Å².